The molecule has 0 aliphatic carbocycles. The smallest absolute Gasteiger partial charge is 0.123 e. The maximum Gasteiger partial charge on any atom is 0.123 e. The summed E-state index contributed by atoms with van der Waals surface area (Å²) in [5.41, 5.74) is 0. The van der Waals surface area contributed by atoms with Crippen LogP contribution in [0.25, 0.3) is 0 Å². The number of hydrogen-bond donors (Lipinski definition) is 1. The van der Waals surface area contributed by atoms with Crippen molar-refractivity contribution in [3.8, 4) is 0 Å². The Bertz CT molecular complexity index is 172. The van der Waals surface area contributed by atoms with E-state index in [-0.39, 0.29) is 12.4 Å². The molecule has 3 nitrogen and oxygen atoms in total. The van der Waals surface area contributed by atoms with Crippen LogP contribution in [-0.2, 0) is 4.74 Å². The quantitative estimate of drug-likeness (QED) is 0.758. The Balaban J connectivity index is 0.000000980. The lowest BCUT2D eigenvalue weighted by Crippen LogP contribution is -2.47. The predicted octanol–water partition coefficient (Wildman–Crippen LogP) is 1.23. The van der Waals surface area contributed by atoms with Crippen molar-refractivity contribution in [1.29, 1.82) is 0 Å². The van der Waals surface area contributed by atoms with Gasteiger partial charge in [0.05, 0.1) is 6.61 Å². The van der Waals surface area contributed by atoms with Crippen molar-refractivity contribution in [3.63, 3.8) is 0 Å². The lowest BCUT2D eigenvalue weighted by atomic mass is 10.2. The fraction of sp³-hybridized carbons (Fsp3) is 1.00. The van der Waals surface area contributed by atoms with Crippen LogP contribution in [0.2, 0.25) is 0 Å². The van der Waals surface area contributed by atoms with Crippen LogP contribution >= 0.6 is 12.4 Å². The van der Waals surface area contributed by atoms with E-state index in [1.54, 1.807) is 0 Å². The third-order valence-corrected chi connectivity index (χ3v) is 3.10. The zero-order valence-corrected chi connectivity index (χ0v) is 9.85. The van der Waals surface area contributed by atoms with Crippen LogP contribution in [0.1, 0.15) is 26.7 Å². The SMILES string of the molecule is CC(C)N1CCCC1C1NCCO1.Cl. The van der Waals surface area contributed by atoms with Crippen molar-refractivity contribution >= 4 is 12.4 Å². The van der Waals surface area contributed by atoms with Crippen molar-refractivity contribution in [2.75, 3.05) is 19.7 Å². The molecule has 2 saturated heterocycles. The first kappa shape index (κ1) is 12.2. The van der Waals surface area contributed by atoms with Gasteiger partial charge in [0.2, 0.25) is 0 Å². The van der Waals surface area contributed by atoms with Gasteiger partial charge in [0.15, 0.2) is 0 Å². The van der Waals surface area contributed by atoms with Crippen molar-refractivity contribution in [1.82, 2.24) is 10.2 Å². The number of ether oxygens (including phenoxy) is 1. The molecule has 2 atom stereocenters. The number of halogens is 1. The van der Waals surface area contributed by atoms with Crippen molar-refractivity contribution < 1.29 is 4.74 Å². The van der Waals surface area contributed by atoms with E-state index in [1.807, 2.05) is 0 Å². The molecule has 1 N–H and O–H groups in total. The van der Waals surface area contributed by atoms with E-state index in [9.17, 15) is 0 Å². The van der Waals surface area contributed by atoms with Gasteiger partial charge in [0.25, 0.3) is 0 Å². The summed E-state index contributed by atoms with van der Waals surface area (Å²) in [5.74, 6) is 0. The fourth-order valence-corrected chi connectivity index (χ4v) is 2.47. The molecule has 4 heteroatoms. The van der Waals surface area contributed by atoms with Crippen LogP contribution in [0.3, 0.4) is 0 Å². The van der Waals surface area contributed by atoms with Crippen LogP contribution in [0.4, 0.5) is 0 Å². The largest absolute Gasteiger partial charge is 0.360 e. The minimum absolute atomic E-state index is 0. The summed E-state index contributed by atoms with van der Waals surface area (Å²) in [7, 11) is 0. The molecule has 84 valence electrons. The van der Waals surface area contributed by atoms with Gasteiger partial charge >= 0.3 is 0 Å². The van der Waals surface area contributed by atoms with E-state index < -0.39 is 0 Å². The standard InChI is InChI=1S/C10H20N2O.ClH/c1-8(2)12-6-3-4-9(12)10-11-5-7-13-10;/h8-11H,3-7H2,1-2H3;1H. The van der Waals surface area contributed by atoms with Crippen LogP contribution < -0.4 is 5.32 Å². The molecule has 0 aromatic heterocycles. The molecule has 2 aliphatic heterocycles. The average molecular weight is 221 g/mol. The predicted molar refractivity (Wildman–Crippen MR) is 59.9 cm³/mol. The number of likely N-dealkylation sites (tertiary alicyclic amines) is 1. The number of nitrogens with one attached hydrogen (secondary N) is 1. The van der Waals surface area contributed by atoms with Crippen molar-refractivity contribution in [2.45, 2.75) is 45.0 Å². The first-order valence-electron chi connectivity index (χ1n) is 5.40. The minimum atomic E-state index is 0. The lowest BCUT2D eigenvalue weighted by Gasteiger charge is -2.31. The topological polar surface area (TPSA) is 24.5 Å². The first-order valence-corrected chi connectivity index (χ1v) is 5.40. The van der Waals surface area contributed by atoms with Crippen molar-refractivity contribution in [2.24, 2.45) is 0 Å². The lowest BCUT2D eigenvalue weighted by molar-refractivity contribution is 0.0213. The molecule has 2 aliphatic rings. The highest BCUT2D eigenvalue weighted by atomic mass is 35.5. The average Bonchev–Trinajstić information content (AvgIpc) is 2.74. The zero-order chi connectivity index (χ0) is 9.26. The summed E-state index contributed by atoms with van der Waals surface area (Å²) in [6.07, 6.45) is 2.91. The van der Waals surface area contributed by atoms with Gasteiger partial charge in [0.1, 0.15) is 6.23 Å². The maximum absolute atomic E-state index is 5.66. The molecule has 2 fully saturated rings. The molecule has 0 saturated carbocycles. The van der Waals surface area contributed by atoms with E-state index in [4.69, 9.17) is 4.74 Å². The second-order valence-corrected chi connectivity index (χ2v) is 4.29. The highest BCUT2D eigenvalue weighted by molar-refractivity contribution is 5.85. The number of rotatable bonds is 2. The molecule has 0 radical (unpaired) electrons. The molecular formula is C10H21ClN2O. The Morgan fingerprint density at radius 3 is 2.79 bits per heavy atom. The molecule has 0 spiro atoms. The summed E-state index contributed by atoms with van der Waals surface area (Å²) >= 11 is 0. The van der Waals surface area contributed by atoms with Gasteiger partial charge in [0, 0.05) is 18.6 Å². The van der Waals surface area contributed by atoms with E-state index in [1.165, 1.54) is 19.4 Å². The van der Waals surface area contributed by atoms with E-state index in [0.717, 1.165) is 13.2 Å². The molecule has 0 aromatic rings. The van der Waals surface area contributed by atoms with Crippen LogP contribution in [0.5, 0.6) is 0 Å². The first-order chi connectivity index (χ1) is 6.29. The van der Waals surface area contributed by atoms with Crippen molar-refractivity contribution in [3.05, 3.63) is 0 Å². The van der Waals surface area contributed by atoms with E-state index in [0.29, 0.717) is 18.3 Å². The van der Waals surface area contributed by atoms with Gasteiger partial charge in [-0.25, -0.2) is 0 Å². The number of hydrogen-bond acceptors (Lipinski definition) is 3. The molecule has 0 bridgehead atoms. The third kappa shape index (κ3) is 2.40. The summed E-state index contributed by atoms with van der Waals surface area (Å²) in [6.45, 7) is 7.69. The van der Waals surface area contributed by atoms with Gasteiger partial charge in [-0.05, 0) is 33.2 Å². The molecule has 2 unspecified atom stereocenters. The van der Waals surface area contributed by atoms with Crippen LogP contribution in [0, 0.1) is 0 Å². The minimum Gasteiger partial charge on any atom is -0.360 e. The Labute approximate surface area is 92.6 Å². The Hall–Kier alpha value is 0.170. The Morgan fingerprint density at radius 1 is 1.43 bits per heavy atom. The Morgan fingerprint density at radius 2 is 2.21 bits per heavy atom. The van der Waals surface area contributed by atoms with Crippen LogP contribution in [-0.4, -0.2) is 42.9 Å². The summed E-state index contributed by atoms with van der Waals surface area (Å²) in [6, 6.07) is 1.26. The zero-order valence-electron chi connectivity index (χ0n) is 9.03. The summed E-state index contributed by atoms with van der Waals surface area (Å²) in [5, 5.41) is 3.42. The van der Waals surface area contributed by atoms with Gasteiger partial charge < -0.3 is 4.74 Å². The molecular weight excluding hydrogens is 200 g/mol. The molecule has 0 amide bonds. The van der Waals surface area contributed by atoms with E-state index in [2.05, 4.69) is 24.1 Å². The van der Waals surface area contributed by atoms with Gasteiger partial charge in [-0.1, -0.05) is 0 Å². The molecule has 0 aromatic carbocycles. The summed E-state index contributed by atoms with van der Waals surface area (Å²) in [4.78, 5) is 2.56. The van der Waals surface area contributed by atoms with Gasteiger partial charge in [-0.2, -0.15) is 0 Å². The normalized spacial score (nSPS) is 33.6. The van der Waals surface area contributed by atoms with Crippen LogP contribution in [0.15, 0.2) is 0 Å². The molecule has 2 heterocycles. The molecule has 2 rings (SSSR count). The third-order valence-electron chi connectivity index (χ3n) is 3.10. The summed E-state index contributed by atoms with van der Waals surface area (Å²) < 4.78 is 5.66. The second-order valence-electron chi connectivity index (χ2n) is 4.29. The monoisotopic (exact) mass is 220 g/mol. The van der Waals surface area contributed by atoms with Gasteiger partial charge in [-0.3, -0.25) is 10.2 Å². The number of nitrogens with zero attached hydrogens (tertiary/aromatic N) is 1. The highest BCUT2D eigenvalue weighted by Gasteiger charge is 2.34. The second kappa shape index (κ2) is 5.31. The van der Waals surface area contributed by atoms with E-state index >= 15 is 0 Å². The fourth-order valence-electron chi connectivity index (χ4n) is 2.47. The highest BCUT2D eigenvalue weighted by Crippen LogP contribution is 2.24. The Kier molecular flexibility index (Phi) is 4.64. The maximum atomic E-state index is 5.66. The van der Waals surface area contributed by atoms with Gasteiger partial charge in [-0.15, -0.1) is 12.4 Å². The molecule has 14 heavy (non-hydrogen) atoms.